The van der Waals surface area contributed by atoms with Gasteiger partial charge in [0.2, 0.25) is 0 Å². The van der Waals surface area contributed by atoms with Crippen molar-refractivity contribution >= 4 is 32.7 Å². The summed E-state index contributed by atoms with van der Waals surface area (Å²) in [5, 5.41) is 2.82. The van der Waals surface area contributed by atoms with Crippen LogP contribution < -0.4 is 11.0 Å². The molecule has 0 saturated heterocycles. The van der Waals surface area contributed by atoms with Crippen molar-refractivity contribution in [2.45, 2.75) is 0 Å². The molecule has 0 spiro atoms. The fourth-order valence-corrected chi connectivity index (χ4v) is 2.92. The van der Waals surface area contributed by atoms with Gasteiger partial charge in [-0.25, -0.2) is 4.98 Å². The predicted octanol–water partition coefficient (Wildman–Crippen LogP) is 3.60. The minimum atomic E-state index is -0.163. The van der Waals surface area contributed by atoms with Crippen LogP contribution in [0.2, 0.25) is 0 Å². The van der Waals surface area contributed by atoms with Gasteiger partial charge >= 0.3 is 0 Å². The monoisotopic (exact) mass is 341 g/mol. The fourth-order valence-electron chi connectivity index (χ4n) is 2.92. The molecule has 126 valence electrons. The van der Waals surface area contributed by atoms with Gasteiger partial charge in [0.15, 0.2) is 5.43 Å². The van der Waals surface area contributed by atoms with E-state index in [2.05, 4.69) is 15.0 Å². The molecule has 0 amide bonds. The zero-order valence-electron chi connectivity index (χ0n) is 13.8. The number of rotatable bonds is 0. The van der Waals surface area contributed by atoms with Crippen LogP contribution in [-0.2, 0) is 0 Å². The lowest BCUT2D eigenvalue weighted by Crippen LogP contribution is -2.04. The van der Waals surface area contributed by atoms with Crippen LogP contribution in [-0.4, -0.2) is 15.0 Å². The average Bonchev–Trinajstić information content (AvgIpc) is 2.68. The largest absolute Gasteiger partial charge is 0.361 e. The number of nitrogens with zero attached hydrogens (tertiary/aromatic N) is 1. The second kappa shape index (κ2) is 6.64. The standard InChI is InChI=1S/C13H9NO.C8H6N2O/c15-11-5-1-3-9-6-7-10-4-2-8-14-13(10)12(9)11;11-8-5-9-6-3-1-2-4-7(6)10-8/h1-8,14H;1-5H,(H,10,11). The van der Waals surface area contributed by atoms with Gasteiger partial charge in [0.1, 0.15) is 0 Å². The van der Waals surface area contributed by atoms with Gasteiger partial charge in [-0.15, -0.1) is 0 Å². The van der Waals surface area contributed by atoms with E-state index in [0.29, 0.717) is 0 Å². The lowest BCUT2D eigenvalue weighted by Gasteiger charge is -2.01. The number of aromatic nitrogens is 3. The molecule has 26 heavy (non-hydrogen) atoms. The summed E-state index contributed by atoms with van der Waals surface area (Å²) in [6.07, 6.45) is 3.12. The van der Waals surface area contributed by atoms with Crippen molar-refractivity contribution in [3.8, 4) is 0 Å². The van der Waals surface area contributed by atoms with E-state index in [9.17, 15) is 9.59 Å². The third-order valence-corrected chi connectivity index (χ3v) is 4.12. The number of benzene rings is 3. The highest BCUT2D eigenvalue weighted by atomic mass is 16.1. The van der Waals surface area contributed by atoms with Gasteiger partial charge in [-0.05, 0) is 35.0 Å². The van der Waals surface area contributed by atoms with Gasteiger partial charge in [-0.2, -0.15) is 0 Å². The summed E-state index contributed by atoms with van der Waals surface area (Å²) >= 11 is 0. The number of hydrogen-bond acceptors (Lipinski definition) is 3. The molecule has 0 fully saturated rings. The van der Waals surface area contributed by atoms with Crippen molar-refractivity contribution in [1.82, 2.24) is 15.0 Å². The van der Waals surface area contributed by atoms with Crippen LogP contribution in [0, 0.1) is 0 Å². The molecule has 0 aliphatic rings. The minimum Gasteiger partial charge on any atom is -0.361 e. The topological polar surface area (TPSA) is 78.6 Å². The van der Waals surface area contributed by atoms with Crippen LogP contribution in [0.15, 0.2) is 88.7 Å². The molecular weight excluding hydrogens is 326 g/mol. The van der Waals surface area contributed by atoms with E-state index < -0.39 is 0 Å². The van der Waals surface area contributed by atoms with E-state index in [1.807, 2.05) is 60.8 Å². The van der Waals surface area contributed by atoms with Crippen molar-refractivity contribution in [2.24, 2.45) is 0 Å². The van der Waals surface area contributed by atoms with Crippen LogP contribution in [0.5, 0.6) is 0 Å². The Bertz CT molecular complexity index is 1340. The Morgan fingerprint density at radius 3 is 2.50 bits per heavy atom. The first kappa shape index (κ1) is 15.8. The van der Waals surface area contributed by atoms with Crippen LogP contribution in [0.25, 0.3) is 32.7 Å². The van der Waals surface area contributed by atoms with Gasteiger partial charge in [0.05, 0.1) is 28.1 Å². The molecule has 0 atom stereocenters. The Morgan fingerprint density at radius 1 is 0.769 bits per heavy atom. The van der Waals surface area contributed by atoms with Crippen molar-refractivity contribution in [3.63, 3.8) is 0 Å². The maximum atomic E-state index is 11.8. The van der Waals surface area contributed by atoms with E-state index >= 15 is 0 Å². The molecule has 0 radical (unpaired) electrons. The Kier molecular flexibility index (Phi) is 4.03. The Labute approximate surface area is 148 Å². The third-order valence-electron chi connectivity index (χ3n) is 4.12. The summed E-state index contributed by atoms with van der Waals surface area (Å²) in [6.45, 7) is 0. The highest BCUT2D eigenvalue weighted by Gasteiger charge is 2.02. The van der Waals surface area contributed by atoms with Crippen molar-refractivity contribution in [2.75, 3.05) is 0 Å². The SMILES string of the molecule is O=c1cccc2ccc3ccc[nH]c3c12.O=c1cnc2ccccc2[nH]1. The van der Waals surface area contributed by atoms with E-state index in [4.69, 9.17) is 0 Å². The number of fused-ring (bicyclic) bond motifs is 4. The molecule has 5 nitrogen and oxygen atoms in total. The number of H-pyrrole nitrogens is 2. The number of para-hydroxylation sites is 2. The molecule has 0 aliphatic carbocycles. The van der Waals surface area contributed by atoms with E-state index in [0.717, 1.165) is 32.7 Å². The summed E-state index contributed by atoms with van der Waals surface area (Å²) < 4.78 is 0. The van der Waals surface area contributed by atoms with Crippen molar-refractivity contribution in [3.05, 3.63) is 99.7 Å². The highest BCUT2D eigenvalue weighted by Crippen LogP contribution is 2.19. The second-order valence-corrected chi connectivity index (χ2v) is 5.82. The van der Waals surface area contributed by atoms with Gasteiger partial charge < -0.3 is 9.97 Å². The third kappa shape index (κ3) is 2.98. The predicted molar refractivity (Wildman–Crippen MR) is 104 cm³/mol. The number of nitrogens with one attached hydrogen (secondary N) is 2. The summed E-state index contributed by atoms with van der Waals surface area (Å²) in [4.78, 5) is 32.3. The van der Waals surface area contributed by atoms with Gasteiger partial charge in [-0.3, -0.25) is 9.59 Å². The molecule has 2 N–H and O–H groups in total. The first-order valence-electron chi connectivity index (χ1n) is 8.15. The molecule has 2 heterocycles. The maximum Gasteiger partial charge on any atom is 0.266 e. The summed E-state index contributed by atoms with van der Waals surface area (Å²) in [5.41, 5.74) is 2.41. The Morgan fingerprint density at radius 2 is 1.58 bits per heavy atom. The summed E-state index contributed by atoms with van der Waals surface area (Å²) in [6, 6.07) is 20.7. The molecule has 5 rings (SSSR count). The first-order chi connectivity index (χ1) is 12.7. The minimum absolute atomic E-state index is 0.0700. The molecule has 0 aliphatic heterocycles. The zero-order chi connectivity index (χ0) is 17.9. The van der Waals surface area contributed by atoms with Gasteiger partial charge in [0, 0.05) is 6.20 Å². The van der Waals surface area contributed by atoms with E-state index in [-0.39, 0.29) is 11.0 Å². The molecule has 5 heteroatoms. The number of hydrogen-bond donors (Lipinski definition) is 2. The van der Waals surface area contributed by atoms with Crippen LogP contribution >= 0.6 is 0 Å². The zero-order valence-corrected chi connectivity index (χ0v) is 13.8. The fraction of sp³-hybridized carbons (Fsp3) is 0. The van der Waals surface area contributed by atoms with Gasteiger partial charge in [-0.1, -0.05) is 42.5 Å². The van der Waals surface area contributed by atoms with Crippen molar-refractivity contribution < 1.29 is 0 Å². The normalized spacial score (nSPS) is 10.6. The second-order valence-electron chi connectivity index (χ2n) is 5.82. The molecular formula is C21H15N3O2. The van der Waals surface area contributed by atoms with Crippen LogP contribution in [0.3, 0.4) is 0 Å². The lowest BCUT2D eigenvalue weighted by atomic mass is 10.1. The summed E-state index contributed by atoms with van der Waals surface area (Å²) in [7, 11) is 0. The molecule has 0 bridgehead atoms. The van der Waals surface area contributed by atoms with Crippen LogP contribution in [0.4, 0.5) is 0 Å². The highest BCUT2D eigenvalue weighted by molar-refractivity contribution is 6.04. The molecule has 5 aromatic rings. The first-order valence-corrected chi connectivity index (χ1v) is 8.15. The Hall–Kier alpha value is -3.73. The Balaban J connectivity index is 0.000000136. The quantitative estimate of drug-likeness (QED) is 0.422. The smallest absolute Gasteiger partial charge is 0.266 e. The maximum absolute atomic E-state index is 11.8. The molecule has 3 aromatic carbocycles. The number of pyridine rings is 1. The van der Waals surface area contributed by atoms with E-state index in [1.54, 1.807) is 12.1 Å². The van der Waals surface area contributed by atoms with E-state index in [1.165, 1.54) is 6.20 Å². The van der Waals surface area contributed by atoms with Gasteiger partial charge in [0.25, 0.3) is 5.56 Å². The molecule has 0 unspecified atom stereocenters. The summed E-state index contributed by atoms with van der Waals surface area (Å²) in [5.74, 6) is 0. The number of aromatic amines is 2. The van der Waals surface area contributed by atoms with Crippen molar-refractivity contribution in [1.29, 1.82) is 0 Å². The lowest BCUT2D eigenvalue weighted by molar-refractivity contribution is 1.22. The average molecular weight is 341 g/mol. The molecule has 0 saturated carbocycles. The van der Waals surface area contributed by atoms with Crippen LogP contribution in [0.1, 0.15) is 0 Å². The molecule has 2 aromatic heterocycles.